The molecule has 0 aromatic heterocycles. The second-order valence-corrected chi connectivity index (χ2v) is 5.03. The molecule has 0 aliphatic heterocycles. The number of hydrogen-bond acceptors (Lipinski definition) is 2. The Kier molecular flexibility index (Phi) is 4.76. The van der Waals surface area contributed by atoms with Gasteiger partial charge in [0, 0.05) is 19.8 Å². The summed E-state index contributed by atoms with van der Waals surface area (Å²) in [6, 6.07) is 8.10. The smallest absolute Gasteiger partial charge is 0.309 e. The maximum Gasteiger partial charge on any atom is 0.309 e. The van der Waals surface area contributed by atoms with Gasteiger partial charge in [-0.2, -0.15) is 0 Å². The summed E-state index contributed by atoms with van der Waals surface area (Å²) < 4.78 is 0. The second kappa shape index (κ2) is 5.89. The van der Waals surface area contributed by atoms with Crippen LogP contribution in [0.1, 0.15) is 32.3 Å². The highest BCUT2D eigenvalue weighted by Crippen LogP contribution is 2.32. The van der Waals surface area contributed by atoms with Crippen molar-refractivity contribution in [1.29, 1.82) is 0 Å². The summed E-state index contributed by atoms with van der Waals surface area (Å²) in [6.07, 6.45) is 1.91. The summed E-state index contributed by atoms with van der Waals surface area (Å²) in [4.78, 5) is 13.5. The Morgan fingerprint density at radius 3 is 2.33 bits per heavy atom. The van der Waals surface area contributed by atoms with Crippen molar-refractivity contribution in [2.45, 2.75) is 33.1 Å². The van der Waals surface area contributed by atoms with E-state index in [-0.39, 0.29) is 0 Å². The van der Waals surface area contributed by atoms with Crippen LogP contribution in [-0.2, 0) is 11.2 Å². The topological polar surface area (TPSA) is 40.5 Å². The molecule has 3 nitrogen and oxygen atoms in total. The van der Waals surface area contributed by atoms with E-state index in [0.29, 0.717) is 19.3 Å². The molecular formula is C15H23NO2. The SMILES string of the molecule is CCC(CC)(Cc1cccc(N(C)C)c1)C(=O)O. The first-order valence-electron chi connectivity index (χ1n) is 6.45. The van der Waals surface area contributed by atoms with Crippen LogP contribution < -0.4 is 4.90 Å². The number of carboxylic acids is 1. The van der Waals surface area contributed by atoms with Gasteiger partial charge in [0.1, 0.15) is 0 Å². The predicted octanol–water partition coefficient (Wildman–Crippen LogP) is 3.19. The highest BCUT2D eigenvalue weighted by molar-refractivity contribution is 5.75. The van der Waals surface area contributed by atoms with E-state index >= 15 is 0 Å². The van der Waals surface area contributed by atoms with Gasteiger partial charge in [-0.15, -0.1) is 0 Å². The molecular weight excluding hydrogens is 226 g/mol. The summed E-state index contributed by atoms with van der Waals surface area (Å²) in [6.45, 7) is 3.90. The number of rotatable bonds is 6. The fraction of sp³-hybridized carbons (Fsp3) is 0.533. The minimum Gasteiger partial charge on any atom is -0.481 e. The van der Waals surface area contributed by atoms with Gasteiger partial charge in [-0.05, 0) is 37.0 Å². The van der Waals surface area contributed by atoms with Crippen LogP contribution in [-0.4, -0.2) is 25.2 Å². The lowest BCUT2D eigenvalue weighted by atomic mass is 9.77. The largest absolute Gasteiger partial charge is 0.481 e. The zero-order chi connectivity index (χ0) is 13.8. The van der Waals surface area contributed by atoms with E-state index in [9.17, 15) is 9.90 Å². The van der Waals surface area contributed by atoms with Gasteiger partial charge in [0.2, 0.25) is 0 Å². The maximum absolute atomic E-state index is 11.5. The van der Waals surface area contributed by atoms with Crippen LogP contribution in [0.2, 0.25) is 0 Å². The molecule has 0 fully saturated rings. The van der Waals surface area contributed by atoms with Gasteiger partial charge in [0.25, 0.3) is 0 Å². The Morgan fingerprint density at radius 1 is 1.28 bits per heavy atom. The Bertz CT molecular complexity index is 409. The van der Waals surface area contributed by atoms with Crippen LogP contribution in [0, 0.1) is 5.41 Å². The molecule has 0 radical (unpaired) electrons. The highest BCUT2D eigenvalue weighted by Gasteiger charge is 2.34. The molecule has 100 valence electrons. The standard InChI is InChI=1S/C15H23NO2/c1-5-15(6-2,14(17)18)11-12-8-7-9-13(10-12)16(3)4/h7-10H,5-6,11H2,1-4H3,(H,17,18). The molecule has 3 heteroatoms. The third-order valence-electron chi connectivity index (χ3n) is 3.78. The Morgan fingerprint density at radius 2 is 1.89 bits per heavy atom. The summed E-state index contributed by atoms with van der Waals surface area (Å²) in [7, 11) is 3.98. The van der Waals surface area contributed by atoms with Crippen molar-refractivity contribution in [3.8, 4) is 0 Å². The van der Waals surface area contributed by atoms with Crippen LogP contribution in [0.5, 0.6) is 0 Å². The minimum absolute atomic E-state index is 0.594. The summed E-state index contributed by atoms with van der Waals surface area (Å²) in [5.74, 6) is -0.692. The van der Waals surface area contributed by atoms with E-state index in [1.165, 1.54) is 0 Å². The fourth-order valence-electron chi connectivity index (χ4n) is 2.21. The van der Waals surface area contributed by atoms with Gasteiger partial charge >= 0.3 is 5.97 Å². The Hall–Kier alpha value is -1.51. The van der Waals surface area contributed by atoms with E-state index < -0.39 is 11.4 Å². The number of carboxylic acid groups (broad SMARTS) is 1. The first-order chi connectivity index (χ1) is 8.45. The lowest BCUT2D eigenvalue weighted by Crippen LogP contribution is -2.32. The Labute approximate surface area is 109 Å². The van der Waals surface area contributed by atoms with Crippen LogP contribution in [0.3, 0.4) is 0 Å². The van der Waals surface area contributed by atoms with Crippen molar-refractivity contribution < 1.29 is 9.90 Å². The van der Waals surface area contributed by atoms with Crippen LogP contribution in [0.4, 0.5) is 5.69 Å². The summed E-state index contributed by atoms with van der Waals surface area (Å²) >= 11 is 0. The van der Waals surface area contributed by atoms with E-state index in [4.69, 9.17) is 0 Å². The van der Waals surface area contributed by atoms with Crippen molar-refractivity contribution in [1.82, 2.24) is 0 Å². The van der Waals surface area contributed by atoms with Crippen molar-refractivity contribution in [3.63, 3.8) is 0 Å². The van der Waals surface area contributed by atoms with Gasteiger partial charge in [-0.1, -0.05) is 26.0 Å². The van der Waals surface area contributed by atoms with E-state index in [1.54, 1.807) is 0 Å². The van der Waals surface area contributed by atoms with E-state index in [2.05, 4.69) is 6.07 Å². The molecule has 1 N–H and O–H groups in total. The Balaban J connectivity index is 3.01. The molecule has 0 aliphatic carbocycles. The molecule has 18 heavy (non-hydrogen) atoms. The van der Waals surface area contributed by atoms with Gasteiger partial charge in [0.15, 0.2) is 0 Å². The number of aliphatic carboxylic acids is 1. The summed E-state index contributed by atoms with van der Waals surface area (Å²) in [5, 5.41) is 9.45. The number of anilines is 1. The van der Waals surface area contributed by atoms with Crippen LogP contribution in [0.25, 0.3) is 0 Å². The predicted molar refractivity (Wildman–Crippen MR) is 75.1 cm³/mol. The zero-order valence-electron chi connectivity index (χ0n) is 11.7. The monoisotopic (exact) mass is 249 g/mol. The molecule has 0 aliphatic rings. The van der Waals surface area contributed by atoms with Crippen molar-refractivity contribution >= 4 is 11.7 Å². The molecule has 0 heterocycles. The van der Waals surface area contributed by atoms with Crippen molar-refractivity contribution in [2.75, 3.05) is 19.0 Å². The number of benzene rings is 1. The molecule has 0 bridgehead atoms. The van der Waals surface area contributed by atoms with Gasteiger partial charge in [-0.25, -0.2) is 0 Å². The molecule has 0 spiro atoms. The van der Waals surface area contributed by atoms with Gasteiger partial charge in [-0.3, -0.25) is 4.79 Å². The average Bonchev–Trinajstić information content (AvgIpc) is 2.36. The molecule has 0 saturated carbocycles. The lowest BCUT2D eigenvalue weighted by molar-refractivity contribution is -0.149. The van der Waals surface area contributed by atoms with Crippen molar-refractivity contribution in [2.24, 2.45) is 5.41 Å². The quantitative estimate of drug-likeness (QED) is 0.841. The number of carbonyl (C=O) groups is 1. The molecule has 0 atom stereocenters. The van der Waals surface area contributed by atoms with E-state index in [1.807, 2.05) is 51.0 Å². The molecule has 0 saturated heterocycles. The molecule has 1 aromatic carbocycles. The first-order valence-corrected chi connectivity index (χ1v) is 6.45. The molecule has 0 amide bonds. The third-order valence-corrected chi connectivity index (χ3v) is 3.78. The molecule has 1 aromatic rings. The second-order valence-electron chi connectivity index (χ2n) is 5.03. The normalized spacial score (nSPS) is 11.3. The minimum atomic E-state index is -0.692. The highest BCUT2D eigenvalue weighted by atomic mass is 16.4. The molecule has 1 rings (SSSR count). The van der Waals surface area contributed by atoms with Crippen molar-refractivity contribution in [3.05, 3.63) is 29.8 Å². The van der Waals surface area contributed by atoms with E-state index in [0.717, 1.165) is 11.3 Å². The zero-order valence-corrected chi connectivity index (χ0v) is 11.7. The average molecular weight is 249 g/mol. The maximum atomic E-state index is 11.5. The fourth-order valence-corrected chi connectivity index (χ4v) is 2.21. The third kappa shape index (κ3) is 3.03. The lowest BCUT2D eigenvalue weighted by Gasteiger charge is -2.27. The van der Waals surface area contributed by atoms with Crippen LogP contribution >= 0.6 is 0 Å². The summed E-state index contributed by atoms with van der Waals surface area (Å²) in [5.41, 5.74) is 1.57. The van der Waals surface area contributed by atoms with Gasteiger partial charge in [0.05, 0.1) is 5.41 Å². The molecule has 0 unspecified atom stereocenters. The van der Waals surface area contributed by atoms with Gasteiger partial charge < -0.3 is 10.0 Å². The van der Waals surface area contributed by atoms with Crippen LogP contribution in [0.15, 0.2) is 24.3 Å². The number of hydrogen-bond donors (Lipinski definition) is 1. The first kappa shape index (κ1) is 14.6. The number of nitrogens with zero attached hydrogens (tertiary/aromatic N) is 1.